The monoisotopic (exact) mass is 310 g/mol. The fraction of sp³-hybridized carbons (Fsp3) is 0.429. The van der Waals surface area contributed by atoms with Crippen LogP contribution in [0.15, 0.2) is 28.6 Å². The van der Waals surface area contributed by atoms with Crippen molar-refractivity contribution < 1.29 is 9.90 Å². The molecule has 0 aliphatic heterocycles. The standard InChI is InChI=1S/C14H18N2O2S2/c1-14(15,12(17)18)8-4-5-9-19-13-16-10-6-2-3-7-11(10)20-13/h2-3,6-7H,4-5,8-9,15H2,1H3,(H,17,18). The van der Waals surface area contributed by atoms with Crippen LogP contribution in [0.5, 0.6) is 0 Å². The lowest BCUT2D eigenvalue weighted by Crippen LogP contribution is -2.44. The number of aromatic nitrogens is 1. The van der Waals surface area contributed by atoms with E-state index in [0.717, 1.165) is 28.5 Å². The highest BCUT2D eigenvalue weighted by atomic mass is 32.2. The van der Waals surface area contributed by atoms with Gasteiger partial charge in [0.1, 0.15) is 5.54 Å². The molecule has 108 valence electrons. The molecule has 0 bridgehead atoms. The van der Waals surface area contributed by atoms with Crippen molar-refractivity contribution in [2.75, 3.05) is 5.75 Å². The quantitative estimate of drug-likeness (QED) is 0.606. The molecule has 2 aromatic rings. The van der Waals surface area contributed by atoms with Gasteiger partial charge in [-0.15, -0.1) is 11.3 Å². The summed E-state index contributed by atoms with van der Waals surface area (Å²) in [5, 5.41) is 8.92. The summed E-state index contributed by atoms with van der Waals surface area (Å²) in [6.45, 7) is 1.57. The van der Waals surface area contributed by atoms with Crippen molar-refractivity contribution in [1.29, 1.82) is 0 Å². The third kappa shape index (κ3) is 3.94. The average molecular weight is 310 g/mol. The van der Waals surface area contributed by atoms with Crippen molar-refractivity contribution in [3.05, 3.63) is 24.3 Å². The second-order valence-corrected chi connectivity index (χ2v) is 7.35. The number of unbranched alkanes of at least 4 members (excludes halogenated alkanes) is 1. The van der Waals surface area contributed by atoms with Gasteiger partial charge in [-0.3, -0.25) is 4.79 Å². The van der Waals surface area contributed by atoms with Gasteiger partial charge < -0.3 is 10.8 Å². The first-order chi connectivity index (χ1) is 9.49. The molecule has 20 heavy (non-hydrogen) atoms. The summed E-state index contributed by atoms with van der Waals surface area (Å²) in [6, 6.07) is 8.10. The van der Waals surface area contributed by atoms with Gasteiger partial charge >= 0.3 is 5.97 Å². The summed E-state index contributed by atoms with van der Waals surface area (Å²) in [5.74, 6) is 0.00604. The van der Waals surface area contributed by atoms with Crippen LogP contribution in [0.1, 0.15) is 26.2 Å². The summed E-state index contributed by atoms with van der Waals surface area (Å²) >= 11 is 3.42. The largest absolute Gasteiger partial charge is 0.480 e. The minimum Gasteiger partial charge on any atom is -0.480 e. The number of fused-ring (bicyclic) bond motifs is 1. The van der Waals surface area contributed by atoms with E-state index < -0.39 is 11.5 Å². The van der Waals surface area contributed by atoms with E-state index in [0.29, 0.717) is 6.42 Å². The second-order valence-electron chi connectivity index (χ2n) is 4.98. The zero-order valence-corrected chi connectivity index (χ0v) is 13.0. The fourth-order valence-electron chi connectivity index (χ4n) is 1.77. The Morgan fingerprint density at radius 2 is 2.20 bits per heavy atom. The lowest BCUT2D eigenvalue weighted by atomic mass is 9.97. The van der Waals surface area contributed by atoms with E-state index >= 15 is 0 Å². The zero-order valence-electron chi connectivity index (χ0n) is 11.3. The van der Waals surface area contributed by atoms with E-state index in [1.807, 2.05) is 18.2 Å². The molecule has 0 aliphatic carbocycles. The molecule has 6 heteroatoms. The lowest BCUT2D eigenvalue weighted by molar-refractivity contribution is -0.142. The molecule has 1 unspecified atom stereocenters. The number of para-hydroxylation sites is 1. The van der Waals surface area contributed by atoms with Crippen molar-refractivity contribution in [2.45, 2.75) is 36.1 Å². The first kappa shape index (κ1) is 15.3. The Hall–Kier alpha value is -1.11. The minimum atomic E-state index is -1.11. The van der Waals surface area contributed by atoms with Crippen LogP contribution < -0.4 is 5.73 Å². The van der Waals surface area contributed by atoms with Crippen LogP contribution >= 0.6 is 23.1 Å². The number of nitrogens with two attached hydrogens (primary N) is 1. The third-order valence-electron chi connectivity index (χ3n) is 3.08. The zero-order chi connectivity index (χ0) is 14.6. The number of thiazole rings is 1. The number of hydrogen-bond acceptors (Lipinski definition) is 5. The van der Waals surface area contributed by atoms with Gasteiger partial charge in [-0.2, -0.15) is 0 Å². The predicted molar refractivity (Wildman–Crippen MR) is 84.4 cm³/mol. The maximum atomic E-state index is 10.9. The van der Waals surface area contributed by atoms with Gasteiger partial charge in [-0.25, -0.2) is 4.98 Å². The summed E-state index contributed by atoms with van der Waals surface area (Å²) in [5.41, 5.74) is 5.62. The molecule has 0 aliphatic rings. The van der Waals surface area contributed by atoms with Crippen LogP contribution in [0, 0.1) is 0 Å². The summed E-state index contributed by atoms with van der Waals surface area (Å²) in [6.07, 6.45) is 2.26. The number of aliphatic carboxylic acids is 1. The van der Waals surface area contributed by atoms with Crippen molar-refractivity contribution >= 4 is 39.3 Å². The minimum absolute atomic E-state index is 0.503. The maximum absolute atomic E-state index is 10.9. The van der Waals surface area contributed by atoms with Crippen LogP contribution in [0.2, 0.25) is 0 Å². The SMILES string of the molecule is CC(N)(CCCCSc1nc2ccccc2s1)C(=O)O. The molecule has 1 aromatic heterocycles. The second kappa shape index (κ2) is 6.56. The molecule has 0 fully saturated rings. The Balaban J connectivity index is 1.75. The molecule has 1 atom stereocenters. The molecule has 0 saturated heterocycles. The highest BCUT2D eigenvalue weighted by Gasteiger charge is 2.26. The number of rotatable bonds is 7. The smallest absolute Gasteiger partial charge is 0.323 e. The number of benzene rings is 1. The highest BCUT2D eigenvalue weighted by molar-refractivity contribution is 8.01. The van der Waals surface area contributed by atoms with Crippen LogP contribution in [0.25, 0.3) is 10.2 Å². The number of nitrogens with zero attached hydrogens (tertiary/aromatic N) is 1. The molecule has 2 rings (SSSR count). The molecular weight excluding hydrogens is 292 g/mol. The molecule has 0 amide bonds. The number of carboxylic acids is 1. The fourth-order valence-corrected chi connectivity index (χ4v) is 3.91. The Morgan fingerprint density at radius 3 is 2.90 bits per heavy atom. The van der Waals surface area contributed by atoms with Crippen LogP contribution in [-0.2, 0) is 4.79 Å². The number of carbonyl (C=O) groups is 1. The molecule has 3 N–H and O–H groups in total. The topological polar surface area (TPSA) is 76.2 Å². The van der Waals surface area contributed by atoms with Gasteiger partial charge in [-0.1, -0.05) is 30.3 Å². The van der Waals surface area contributed by atoms with Crippen LogP contribution in [-0.4, -0.2) is 27.4 Å². The third-order valence-corrected chi connectivity index (χ3v) is 5.34. The molecular formula is C14H18N2O2S2. The molecule has 1 heterocycles. The van der Waals surface area contributed by atoms with Crippen molar-refractivity contribution in [3.8, 4) is 0 Å². The first-order valence-electron chi connectivity index (χ1n) is 6.50. The summed E-state index contributed by atoms with van der Waals surface area (Å²) in [4.78, 5) is 15.4. The van der Waals surface area contributed by atoms with Crippen molar-refractivity contribution in [3.63, 3.8) is 0 Å². The van der Waals surface area contributed by atoms with Crippen molar-refractivity contribution in [1.82, 2.24) is 4.98 Å². The van der Waals surface area contributed by atoms with Gasteiger partial charge in [-0.05, 0) is 31.9 Å². The van der Waals surface area contributed by atoms with E-state index in [1.165, 1.54) is 4.70 Å². The normalized spacial score (nSPS) is 14.3. The maximum Gasteiger partial charge on any atom is 0.323 e. The number of thioether (sulfide) groups is 1. The Kier molecular flexibility index (Phi) is 5.01. The lowest BCUT2D eigenvalue weighted by Gasteiger charge is -2.18. The Labute approximate surface area is 126 Å². The van der Waals surface area contributed by atoms with E-state index in [4.69, 9.17) is 10.8 Å². The summed E-state index contributed by atoms with van der Waals surface area (Å²) < 4.78 is 2.27. The molecule has 1 aromatic carbocycles. The van der Waals surface area contributed by atoms with E-state index in [1.54, 1.807) is 30.0 Å². The van der Waals surface area contributed by atoms with Gasteiger partial charge in [0.2, 0.25) is 0 Å². The number of carboxylic acid groups (broad SMARTS) is 1. The predicted octanol–water partition coefficient (Wildman–Crippen LogP) is 3.36. The van der Waals surface area contributed by atoms with E-state index in [9.17, 15) is 4.79 Å². The molecule has 0 saturated carbocycles. The summed E-state index contributed by atoms with van der Waals surface area (Å²) in [7, 11) is 0. The van der Waals surface area contributed by atoms with Crippen molar-refractivity contribution in [2.24, 2.45) is 5.73 Å². The molecule has 0 spiro atoms. The Bertz CT molecular complexity index is 563. The van der Waals surface area contributed by atoms with E-state index in [-0.39, 0.29) is 0 Å². The number of hydrogen-bond donors (Lipinski definition) is 2. The molecule has 4 nitrogen and oxygen atoms in total. The van der Waals surface area contributed by atoms with Gasteiger partial charge in [0.25, 0.3) is 0 Å². The van der Waals surface area contributed by atoms with Gasteiger partial charge in [0.05, 0.1) is 10.2 Å². The van der Waals surface area contributed by atoms with Gasteiger partial charge in [0, 0.05) is 5.75 Å². The average Bonchev–Trinajstić information content (AvgIpc) is 2.80. The van der Waals surface area contributed by atoms with Gasteiger partial charge in [0.15, 0.2) is 4.34 Å². The van der Waals surface area contributed by atoms with Crippen LogP contribution in [0.4, 0.5) is 0 Å². The highest BCUT2D eigenvalue weighted by Crippen LogP contribution is 2.30. The Morgan fingerprint density at radius 1 is 1.45 bits per heavy atom. The molecule has 0 radical (unpaired) electrons. The van der Waals surface area contributed by atoms with Crippen LogP contribution in [0.3, 0.4) is 0 Å². The van der Waals surface area contributed by atoms with E-state index in [2.05, 4.69) is 11.1 Å². The first-order valence-corrected chi connectivity index (χ1v) is 8.30.